The van der Waals surface area contributed by atoms with E-state index in [-0.39, 0.29) is 0 Å². The molecule has 1 heteroatoms. The third kappa shape index (κ3) is 1.98. The monoisotopic (exact) mass is 141 g/mol. The van der Waals surface area contributed by atoms with Gasteiger partial charge >= 0.3 is 0 Å². The molecule has 0 aromatic heterocycles. The molecule has 0 amide bonds. The average Bonchev–Trinajstić information content (AvgIpc) is 2.37. The maximum absolute atomic E-state index is 3.25. The SMILES string of the molecule is CCC1CCC(CNC)C1. The second-order valence-corrected chi connectivity index (χ2v) is 3.51. The van der Waals surface area contributed by atoms with Gasteiger partial charge in [-0.2, -0.15) is 0 Å². The molecule has 1 aliphatic rings. The first kappa shape index (κ1) is 8.06. The summed E-state index contributed by atoms with van der Waals surface area (Å²) in [5, 5.41) is 3.25. The van der Waals surface area contributed by atoms with E-state index in [4.69, 9.17) is 0 Å². The zero-order valence-electron chi connectivity index (χ0n) is 7.19. The van der Waals surface area contributed by atoms with Crippen LogP contribution in [0.5, 0.6) is 0 Å². The second kappa shape index (κ2) is 3.97. The molecule has 0 aliphatic heterocycles. The molecule has 0 heterocycles. The van der Waals surface area contributed by atoms with Crippen LogP contribution in [0.2, 0.25) is 0 Å². The molecule has 60 valence electrons. The smallest absolute Gasteiger partial charge is 0.00234 e. The topological polar surface area (TPSA) is 12.0 Å². The third-order valence-electron chi connectivity index (χ3n) is 2.72. The molecule has 1 rings (SSSR count). The number of hydrogen-bond donors (Lipinski definition) is 1. The van der Waals surface area contributed by atoms with E-state index in [0.29, 0.717) is 0 Å². The maximum atomic E-state index is 3.25. The summed E-state index contributed by atoms with van der Waals surface area (Å²) in [4.78, 5) is 0. The molecule has 1 N–H and O–H groups in total. The van der Waals surface area contributed by atoms with Gasteiger partial charge in [0.25, 0.3) is 0 Å². The minimum Gasteiger partial charge on any atom is -0.319 e. The molecule has 1 fully saturated rings. The van der Waals surface area contributed by atoms with Gasteiger partial charge in [0.05, 0.1) is 0 Å². The Labute approximate surface area is 64.2 Å². The molecule has 0 aromatic rings. The predicted octanol–water partition coefficient (Wildman–Crippen LogP) is 2.03. The molecule has 0 bridgehead atoms. The summed E-state index contributed by atoms with van der Waals surface area (Å²) in [7, 11) is 2.05. The molecule has 2 atom stereocenters. The van der Waals surface area contributed by atoms with Gasteiger partial charge in [-0.05, 0) is 38.3 Å². The van der Waals surface area contributed by atoms with Crippen LogP contribution in [0, 0.1) is 11.8 Å². The first-order valence-electron chi connectivity index (χ1n) is 4.51. The molecule has 1 nitrogen and oxygen atoms in total. The lowest BCUT2D eigenvalue weighted by atomic mass is 10.0. The van der Waals surface area contributed by atoms with Crippen LogP contribution in [0.25, 0.3) is 0 Å². The molecular formula is C9H19N. The quantitative estimate of drug-likeness (QED) is 0.634. The third-order valence-corrected chi connectivity index (χ3v) is 2.72. The minimum atomic E-state index is 0.981. The zero-order valence-corrected chi connectivity index (χ0v) is 7.19. The molecule has 10 heavy (non-hydrogen) atoms. The fourth-order valence-electron chi connectivity index (χ4n) is 2.02. The van der Waals surface area contributed by atoms with Crippen LogP contribution in [0.15, 0.2) is 0 Å². The molecule has 0 radical (unpaired) electrons. The van der Waals surface area contributed by atoms with Gasteiger partial charge in [0.1, 0.15) is 0 Å². The van der Waals surface area contributed by atoms with Gasteiger partial charge in [0, 0.05) is 0 Å². The van der Waals surface area contributed by atoms with E-state index < -0.39 is 0 Å². The van der Waals surface area contributed by atoms with Crippen molar-refractivity contribution in [1.29, 1.82) is 0 Å². The van der Waals surface area contributed by atoms with Gasteiger partial charge < -0.3 is 5.32 Å². The van der Waals surface area contributed by atoms with Crippen molar-refractivity contribution in [2.24, 2.45) is 11.8 Å². The van der Waals surface area contributed by atoms with Crippen LogP contribution in [0.1, 0.15) is 32.6 Å². The Morgan fingerprint density at radius 3 is 2.50 bits per heavy atom. The van der Waals surface area contributed by atoms with E-state index in [2.05, 4.69) is 19.3 Å². The highest BCUT2D eigenvalue weighted by Gasteiger charge is 2.21. The summed E-state index contributed by atoms with van der Waals surface area (Å²) < 4.78 is 0. The number of rotatable bonds is 3. The molecule has 2 unspecified atom stereocenters. The van der Waals surface area contributed by atoms with Gasteiger partial charge in [-0.3, -0.25) is 0 Å². The van der Waals surface area contributed by atoms with Gasteiger partial charge in [-0.1, -0.05) is 19.8 Å². The Bertz CT molecular complexity index is 90.7. The molecule has 1 saturated carbocycles. The van der Waals surface area contributed by atoms with E-state index in [1.165, 1.54) is 32.2 Å². The van der Waals surface area contributed by atoms with Crippen molar-refractivity contribution in [3.05, 3.63) is 0 Å². The van der Waals surface area contributed by atoms with E-state index in [0.717, 1.165) is 11.8 Å². The van der Waals surface area contributed by atoms with Crippen molar-refractivity contribution in [3.8, 4) is 0 Å². The highest BCUT2D eigenvalue weighted by molar-refractivity contribution is 4.75. The van der Waals surface area contributed by atoms with Crippen molar-refractivity contribution < 1.29 is 0 Å². The molecular weight excluding hydrogens is 122 g/mol. The normalized spacial score (nSPS) is 33.0. The fraction of sp³-hybridized carbons (Fsp3) is 1.00. The van der Waals surface area contributed by atoms with E-state index in [1.54, 1.807) is 0 Å². The Hall–Kier alpha value is -0.0400. The van der Waals surface area contributed by atoms with Crippen LogP contribution in [-0.4, -0.2) is 13.6 Å². The standard InChI is InChI=1S/C9H19N/c1-3-8-4-5-9(6-8)7-10-2/h8-10H,3-7H2,1-2H3. The van der Waals surface area contributed by atoms with E-state index in [1.807, 2.05) is 0 Å². The fourth-order valence-corrected chi connectivity index (χ4v) is 2.02. The van der Waals surface area contributed by atoms with Crippen molar-refractivity contribution in [3.63, 3.8) is 0 Å². The summed E-state index contributed by atoms with van der Waals surface area (Å²) >= 11 is 0. The second-order valence-electron chi connectivity index (χ2n) is 3.51. The molecule has 0 spiro atoms. The van der Waals surface area contributed by atoms with Crippen molar-refractivity contribution in [2.75, 3.05) is 13.6 Å². The summed E-state index contributed by atoms with van der Waals surface area (Å²) in [5.41, 5.74) is 0. The van der Waals surface area contributed by atoms with Crippen LogP contribution in [-0.2, 0) is 0 Å². The summed E-state index contributed by atoms with van der Waals surface area (Å²) in [6, 6.07) is 0. The lowest BCUT2D eigenvalue weighted by Crippen LogP contribution is -2.16. The van der Waals surface area contributed by atoms with Gasteiger partial charge in [-0.25, -0.2) is 0 Å². The molecule has 0 saturated heterocycles. The first-order chi connectivity index (χ1) is 4.86. The number of nitrogens with one attached hydrogen (secondary N) is 1. The highest BCUT2D eigenvalue weighted by atomic mass is 14.8. The Morgan fingerprint density at radius 1 is 1.30 bits per heavy atom. The first-order valence-corrected chi connectivity index (χ1v) is 4.51. The van der Waals surface area contributed by atoms with Crippen molar-refractivity contribution in [2.45, 2.75) is 32.6 Å². The van der Waals surface area contributed by atoms with Crippen LogP contribution in [0.4, 0.5) is 0 Å². The van der Waals surface area contributed by atoms with Gasteiger partial charge in [0.2, 0.25) is 0 Å². The Balaban J connectivity index is 2.15. The Kier molecular flexibility index (Phi) is 3.20. The molecule has 0 aromatic carbocycles. The lowest BCUT2D eigenvalue weighted by molar-refractivity contribution is 0.466. The zero-order chi connectivity index (χ0) is 7.40. The van der Waals surface area contributed by atoms with Crippen LogP contribution >= 0.6 is 0 Å². The van der Waals surface area contributed by atoms with E-state index >= 15 is 0 Å². The summed E-state index contributed by atoms with van der Waals surface area (Å²) in [5.74, 6) is 2.02. The van der Waals surface area contributed by atoms with Crippen molar-refractivity contribution in [1.82, 2.24) is 5.32 Å². The Morgan fingerprint density at radius 2 is 2.00 bits per heavy atom. The van der Waals surface area contributed by atoms with Crippen LogP contribution in [0.3, 0.4) is 0 Å². The highest BCUT2D eigenvalue weighted by Crippen LogP contribution is 2.32. The summed E-state index contributed by atoms with van der Waals surface area (Å²) in [6.45, 7) is 3.54. The van der Waals surface area contributed by atoms with Gasteiger partial charge in [0.15, 0.2) is 0 Å². The predicted molar refractivity (Wildman–Crippen MR) is 45.0 cm³/mol. The largest absolute Gasteiger partial charge is 0.319 e. The maximum Gasteiger partial charge on any atom is -0.00234 e. The average molecular weight is 141 g/mol. The number of hydrogen-bond acceptors (Lipinski definition) is 1. The van der Waals surface area contributed by atoms with Gasteiger partial charge in [-0.15, -0.1) is 0 Å². The van der Waals surface area contributed by atoms with E-state index in [9.17, 15) is 0 Å². The minimum absolute atomic E-state index is 0.981. The van der Waals surface area contributed by atoms with Crippen LogP contribution < -0.4 is 5.32 Å². The van der Waals surface area contributed by atoms with Crippen molar-refractivity contribution >= 4 is 0 Å². The molecule has 1 aliphatic carbocycles. The summed E-state index contributed by atoms with van der Waals surface area (Å²) in [6.07, 6.45) is 5.79. The lowest BCUT2D eigenvalue weighted by Gasteiger charge is -2.07.